The van der Waals surface area contributed by atoms with Gasteiger partial charge in [0.05, 0.1) is 13.5 Å². The first-order valence-corrected chi connectivity index (χ1v) is 7.11. The smallest absolute Gasteiger partial charge is 0.238 e. The van der Waals surface area contributed by atoms with Crippen molar-refractivity contribution in [2.45, 2.75) is 13.3 Å². The van der Waals surface area contributed by atoms with Gasteiger partial charge in [0.2, 0.25) is 5.91 Å². The van der Waals surface area contributed by atoms with Crippen molar-refractivity contribution in [3.05, 3.63) is 53.6 Å². The monoisotopic (exact) mass is 317 g/mol. The summed E-state index contributed by atoms with van der Waals surface area (Å²) in [7, 11) is 1.58. The normalized spacial score (nSPS) is 10.1. The van der Waals surface area contributed by atoms with Crippen molar-refractivity contribution in [3.63, 3.8) is 0 Å². The van der Waals surface area contributed by atoms with E-state index in [4.69, 9.17) is 16.3 Å². The van der Waals surface area contributed by atoms with Crippen LogP contribution in [0.2, 0.25) is 5.02 Å². The van der Waals surface area contributed by atoms with E-state index in [9.17, 15) is 9.59 Å². The number of ketones is 1. The second-order valence-electron chi connectivity index (χ2n) is 4.78. The molecule has 0 N–H and O–H groups in total. The zero-order valence-corrected chi connectivity index (χ0v) is 13.1. The topological polar surface area (TPSA) is 46.6 Å². The van der Waals surface area contributed by atoms with E-state index >= 15 is 0 Å². The number of carbonyl (C=O) groups excluding carboxylic acids is 2. The molecule has 0 aromatic heterocycles. The molecule has 2 aromatic rings. The van der Waals surface area contributed by atoms with Gasteiger partial charge in [-0.05, 0) is 55.5 Å². The van der Waals surface area contributed by atoms with E-state index < -0.39 is 0 Å². The number of anilines is 2. The van der Waals surface area contributed by atoms with Crippen LogP contribution in [0.3, 0.4) is 0 Å². The van der Waals surface area contributed by atoms with E-state index in [2.05, 4.69) is 0 Å². The van der Waals surface area contributed by atoms with Crippen LogP contribution in [-0.4, -0.2) is 18.8 Å². The second-order valence-corrected chi connectivity index (χ2v) is 5.22. The number of Topliss-reactive ketones (excluding diaryl/α,β-unsaturated/α-hetero) is 1. The Bertz CT molecular complexity index is 665. The standard InChI is InChI=1S/C17H16ClNO3/c1-12(20)11-17(21)19(14-5-3-13(18)4-6-14)15-7-9-16(22-2)10-8-15/h3-10H,11H2,1-2H3. The highest BCUT2D eigenvalue weighted by atomic mass is 35.5. The molecule has 0 radical (unpaired) electrons. The lowest BCUT2D eigenvalue weighted by Gasteiger charge is -2.23. The minimum absolute atomic E-state index is 0.158. The number of hydrogen-bond acceptors (Lipinski definition) is 3. The summed E-state index contributed by atoms with van der Waals surface area (Å²) >= 11 is 5.89. The molecule has 2 rings (SSSR count). The van der Waals surface area contributed by atoms with Crippen LogP contribution in [0.5, 0.6) is 5.75 Å². The predicted octanol–water partition coefficient (Wildman–Crippen LogP) is 3.99. The molecular formula is C17H16ClNO3. The highest BCUT2D eigenvalue weighted by molar-refractivity contribution is 6.30. The van der Waals surface area contributed by atoms with Crippen LogP contribution >= 0.6 is 11.6 Å². The zero-order valence-electron chi connectivity index (χ0n) is 12.4. The van der Waals surface area contributed by atoms with Gasteiger partial charge in [0.1, 0.15) is 11.5 Å². The Morgan fingerprint density at radius 3 is 1.95 bits per heavy atom. The van der Waals surface area contributed by atoms with E-state index in [0.29, 0.717) is 22.1 Å². The number of halogens is 1. The quantitative estimate of drug-likeness (QED) is 0.783. The van der Waals surface area contributed by atoms with Crippen LogP contribution in [0.25, 0.3) is 0 Å². The Hall–Kier alpha value is -2.33. The maximum atomic E-state index is 12.4. The summed E-state index contributed by atoms with van der Waals surface area (Å²) in [6.45, 7) is 1.39. The van der Waals surface area contributed by atoms with Gasteiger partial charge in [-0.25, -0.2) is 0 Å². The van der Waals surface area contributed by atoms with E-state index in [0.717, 1.165) is 0 Å². The lowest BCUT2D eigenvalue weighted by atomic mass is 10.2. The SMILES string of the molecule is COc1ccc(N(C(=O)CC(C)=O)c2ccc(Cl)cc2)cc1. The van der Waals surface area contributed by atoms with Gasteiger partial charge in [0, 0.05) is 16.4 Å². The molecule has 0 bridgehead atoms. The van der Waals surface area contributed by atoms with Crippen LogP contribution in [-0.2, 0) is 9.59 Å². The van der Waals surface area contributed by atoms with Gasteiger partial charge in [-0.2, -0.15) is 0 Å². The Balaban J connectivity index is 2.41. The van der Waals surface area contributed by atoms with Gasteiger partial charge in [-0.15, -0.1) is 0 Å². The van der Waals surface area contributed by atoms with Crippen molar-refractivity contribution < 1.29 is 14.3 Å². The third-order valence-electron chi connectivity index (χ3n) is 3.07. The van der Waals surface area contributed by atoms with E-state index in [1.807, 2.05) is 0 Å². The fraction of sp³-hybridized carbons (Fsp3) is 0.176. The summed E-state index contributed by atoms with van der Waals surface area (Å²) in [6, 6.07) is 14.0. The molecule has 1 amide bonds. The molecule has 0 aliphatic carbocycles. The Morgan fingerprint density at radius 2 is 1.50 bits per heavy atom. The number of rotatable bonds is 5. The number of methoxy groups -OCH3 is 1. The maximum absolute atomic E-state index is 12.4. The maximum Gasteiger partial charge on any atom is 0.238 e. The van der Waals surface area contributed by atoms with Gasteiger partial charge in [0.15, 0.2) is 0 Å². The molecule has 0 saturated heterocycles. The van der Waals surface area contributed by atoms with Crippen molar-refractivity contribution in [3.8, 4) is 5.75 Å². The van der Waals surface area contributed by atoms with Gasteiger partial charge in [-0.1, -0.05) is 11.6 Å². The van der Waals surface area contributed by atoms with Gasteiger partial charge < -0.3 is 4.74 Å². The minimum atomic E-state index is -0.292. The molecule has 114 valence electrons. The number of benzene rings is 2. The average molecular weight is 318 g/mol. The molecule has 0 aliphatic rings. The third kappa shape index (κ3) is 3.86. The summed E-state index contributed by atoms with van der Waals surface area (Å²) in [4.78, 5) is 25.2. The first kappa shape index (κ1) is 16.0. The summed E-state index contributed by atoms with van der Waals surface area (Å²) in [5.74, 6) is 0.219. The summed E-state index contributed by atoms with van der Waals surface area (Å²) in [5, 5.41) is 0.581. The van der Waals surface area contributed by atoms with Crippen molar-refractivity contribution in [2.75, 3.05) is 12.0 Å². The highest BCUT2D eigenvalue weighted by Gasteiger charge is 2.19. The Morgan fingerprint density at radius 1 is 1.00 bits per heavy atom. The molecule has 0 unspecified atom stereocenters. The lowest BCUT2D eigenvalue weighted by Crippen LogP contribution is -2.27. The molecule has 22 heavy (non-hydrogen) atoms. The number of ether oxygens (including phenoxy) is 1. The number of carbonyl (C=O) groups is 2. The van der Waals surface area contributed by atoms with Crippen LogP contribution in [0, 0.1) is 0 Å². The van der Waals surface area contributed by atoms with Crippen molar-refractivity contribution in [1.82, 2.24) is 0 Å². The Labute approximate surface area is 134 Å². The Kier molecular flexibility index (Phi) is 5.17. The molecule has 0 heterocycles. The summed E-state index contributed by atoms with van der Waals surface area (Å²) in [5.41, 5.74) is 1.31. The molecule has 0 spiro atoms. The number of hydrogen-bond donors (Lipinski definition) is 0. The van der Waals surface area contributed by atoms with Gasteiger partial charge in [0.25, 0.3) is 0 Å². The van der Waals surface area contributed by atoms with Gasteiger partial charge in [-0.3, -0.25) is 14.5 Å². The first-order chi connectivity index (χ1) is 10.5. The summed E-state index contributed by atoms with van der Waals surface area (Å²) in [6.07, 6.45) is -0.158. The van der Waals surface area contributed by atoms with Crippen molar-refractivity contribution >= 4 is 34.7 Å². The number of nitrogens with zero attached hydrogens (tertiary/aromatic N) is 1. The van der Waals surface area contributed by atoms with Crippen LogP contribution in [0.15, 0.2) is 48.5 Å². The molecule has 5 heteroatoms. The summed E-state index contributed by atoms with van der Waals surface area (Å²) < 4.78 is 5.12. The van der Waals surface area contributed by atoms with Crippen LogP contribution < -0.4 is 9.64 Å². The molecular weight excluding hydrogens is 302 g/mol. The van der Waals surface area contributed by atoms with Gasteiger partial charge >= 0.3 is 0 Å². The van der Waals surface area contributed by atoms with E-state index in [1.54, 1.807) is 55.6 Å². The fourth-order valence-corrected chi connectivity index (χ4v) is 2.18. The first-order valence-electron chi connectivity index (χ1n) is 6.73. The molecule has 0 atom stereocenters. The van der Waals surface area contributed by atoms with Crippen LogP contribution in [0.4, 0.5) is 11.4 Å². The number of amides is 1. The average Bonchev–Trinajstić information content (AvgIpc) is 2.49. The largest absolute Gasteiger partial charge is 0.497 e. The minimum Gasteiger partial charge on any atom is -0.497 e. The van der Waals surface area contributed by atoms with E-state index in [-0.39, 0.29) is 18.1 Å². The molecule has 0 saturated carbocycles. The van der Waals surface area contributed by atoms with E-state index in [1.165, 1.54) is 11.8 Å². The predicted molar refractivity (Wildman–Crippen MR) is 86.9 cm³/mol. The fourth-order valence-electron chi connectivity index (χ4n) is 2.05. The molecule has 4 nitrogen and oxygen atoms in total. The molecule has 0 fully saturated rings. The highest BCUT2D eigenvalue weighted by Crippen LogP contribution is 2.29. The lowest BCUT2D eigenvalue weighted by molar-refractivity contribution is -0.125. The van der Waals surface area contributed by atoms with Crippen molar-refractivity contribution in [1.29, 1.82) is 0 Å². The third-order valence-corrected chi connectivity index (χ3v) is 3.32. The molecule has 2 aromatic carbocycles. The second kappa shape index (κ2) is 7.09. The molecule has 0 aliphatic heterocycles. The zero-order chi connectivity index (χ0) is 16.1. The van der Waals surface area contributed by atoms with Crippen LogP contribution in [0.1, 0.15) is 13.3 Å². The van der Waals surface area contributed by atoms with Crippen molar-refractivity contribution in [2.24, 2.45) is 0 Å².